The number of fused-ring (bicyclic) bond motifs is 3. The van der Waals surface area contributed by atoms with Gasteiger partial charge in [0.15, 0.2) is 0 Å². The fourth-order valence-corrected chi connectivity index (χ4v) is 4.77. The van der Waals surface area contributed by atoms with Crippen LogP contribution in [0.3, 0.4) is 0 Å². The molecule has 1 amide bonds. The molecule has 0 unspecified atom stereocenters. The van der Waals surface area contributed by atoms with Crippen molar-refractivity contribution >= 4 is 22.6 Å². The van der Waals surface area contributed by atoms with Crippen LogP contribution in [0.2, 0.25) is 0 Å². The number of amides is 1. The summed E-state index contributed by atoms with van der Waals surface area (Å²) in [7, 11) is 0. The second-order valence-corrected chi connectivity index (χ2v) is 9.15. The average molecular weight is 507 g/mol. The molecule has 5 rings (SSSR count). The van der Waals surface area contributed by atoms with E-state index < -0.39 is 17.8 Å². The largest absolute Gasteiger partial charge is 0.417 e. The molecule has 3 heterocycles. The third-order valence-electron chi connectivity index (χ3n) is 6.76. The first kappa shape index (κ1) is 24.6. The van der Waals surface area contributed by atoms with Gasteiger partial charge in [0.1, 0.15) is 11.6 Å². The Kier molecular flexibility index (Phi) is 6.49. The lowest BCUT2D eigenvalue weighted by molar-refractivity contribution is -0.137. The Hall–Kier alpha value is -4.08. The molecule has 2 N–H and O–H groups in total. The number of carbonyl (C=O) groups excluding carboxylic acids is 1. The number of nitrogens with two attached hydrogens (primary N) is 1. The minimum absolute atomic E-state index is 0.0213. The lowest BCUT2D eigenvalue weighted by atomic mass is 9.89. The number of hydrogen-bond acceptors (Lipinski definition) is 6. The standard InChI is InChI=1S/C27H25F3N6O/c1-16(25-32-11-4-12-33-25)36(15-19-9-8-18(14-34-19)27(28,29)30)26(37)17-7-10-23-22(13-17)20-5-2-3-6-21(20)24(31)35-23/h4,7-14,16H,2-3,5-6,15H2,1H3,(H2,31,35)/t16-/m1/s1. The molecule has 37 heavy (non-hydrogen) atoms. The van der Waals surface area contributed by atoms with Crippen LogP contribution in [-0.4, -0.2) is 30.7 Å². The molecule has 0 saturated carbocycles. The fourth-order valence-electron chi connectivity index (χ4n) is 4.77. The Balaban J connectivity index is 1.53. The van der Waals surface area contributed by atoms with Crippen molar-refractivity contribution in [2.24, 2.45) is 0 Å². The van der Waals surface area contributed by atoms with Gasteiger partial charge in [-0.25, -0.2) is 15.0 Å². The molecule has 0 fully saturated rings. The highest BCUT2D eigenvalue weighted by molar-refractivity contribution is 5.99. The first-order valence-corrected chi connectivity index (χ1v) is 12.0. The van der Waals surface area contributed by atoms with Crippen molar-refractivity contribution in [3.63, 3.8) is 0 Å². The molecule has 0 saturated heterocycles. The van der Waals surface area contributed by atoms with E-state index in [0.717, 1.165) is 60.0 Å². The fraction of sp³-hybridized carbons (Fsp3) is 0.296. The van der Waals surface area contributed by atoms with Crippen LogP contribution in [0.5, 0.6) is 0 Å². The second kappa shape index (κ2) is 9.76. The average Bonchev–Trinajstić information content (AvgIpc) is 2.91. The van der Waals surface area contributed by atoms with E-state index in [0.29, 0.717) is 22.9 Å². The second-order valence-electron chi connectivity index (χ2n) is 9.15. The van der Waals surface area contributed by atoms with Crippen molar-refractivity contribution in [2.45, 2.75) is 51.4 Å². The molecule has 1 aliphatic rings. The zero-order chi connectivity index (χ0) is 26.2. The van der Waals surface area contributed by atoms with Crippen molar-refractivity contribution in [3.8, 4) is 0 Å². The number of benzene rings is 1. The lowest BCUT2D eigenvalue weighted by Gasteiger charge is -2.28. The maximum Gasteiger partial charge on any atom is 0.417 e. The van der Waals surface area contributed by atoms with Crippen LogP contribution in [0.25, 0.3) is 10.9 Å². The van der Waals surface area contributed by atoms with Gasteiger partial charge in [-0.2, -0.15) is 13.2 Å². The third-order valence-corrected chi connectivity index (χ3v) is 6.76. The van der Waals surface area contributed by atoms with Crippen molar-refractivity contribution in [3.05, 3.63) is 88.8 Å². The molecule has 7 nitrogen and oxygen atoms in total. The smallest absolute Gasteiger partial charge is 0.383 e. The Morgan fingerprint density at radius 2 is 1.78 bits per heavy atom. The van der Waals surface area contributed by atoms with Crippen molar-refractivity contribution in [2.75, 3.05) is 5.73 Å². The Bertz CT molecular complexity index is 1440. The normalized spacial score (nSPS) is 14.3. The number of nitrogens with zero attached hydrogens (tertiary/aromatic N) is 5. The summed E-state index contributed by atoms with van der Waals surface area (Å²) in [6.45, 7) is 1.76. The molecule has 4 aromatic rings. The van der Waals surface area contributed by atoms with Crippen LogP contribution in [0, 0.1) is 0 Å². The van der Waals surface area contributed by atoms with Crippen LogP contribution in [-0.2, 0) is 25.6 Å². The topological polar surface area (TPSA) is 97.9 Å². The van der Waals surface area contributed by atoms with E-state index in [2.05, 4.69) is 19.9 Å². The van der Waals surface area contributed by atoms with Gasteiger partial charge in [-0.15, -0.1) is 0 Å². The molecular weight excluding hydrogens is 481 g/mol. The van der Waals surface area contributed by atoms with Crippen molar-refractivity contribution in [1.82, 2.24) is 24.8 Å². The zero-order valence-corrected chi connectivity index (χ0v) is 20.2. The molecule has 0 radical (unpaired) electrons. The number of anilines is 1. The predicted molar refractivity (Wildman–Crippen MR) is 132 cm³/mol. The summed E-state index contributed by atoms with van der Waals surface area (Å²) in [4.78, 5) is 32.5. The highest BCUT2D eigenvalue weighted by Gasteiger charge is 2.31. The molecule has 1 aliphatic carbocycles. The quantitative estimate of drug-likeness (QED) is 0.394. The summed E-state index contributed by atoms with van der Waals surface area (Å²) in [6, 6.07) is 8.67. The van der Waals surface area contributed by atoms with E-state index in [1.807, 2.05) is 6.07 Å². The van der Waals surface area contributed by atoms with Crippen LogP contribution in [0.4, 0.5) is 19.0 Å². The van der Waals surface area contributed by atoms with E-state index in [1.165, 1.54) is 11.0 Å². The van der Waals surface area contributed by atoms with Crippen molar-refractivity contribution < 1.29 is 18.0 Å². The molecule has 1 aromatic carbocycles. The van der Waals surface area contributed by atoms with E-state index >= 15 is 0 Å². The number of halogens is 3. The van der Waals surface area contributed by atoms with Gasteiger partial charge in [-0.3, -0.25) is 9.78 Å². The molecule has 190 valence electrons. The van der Waals surface area contributed by atoms with Gasteiger partial charge >= 0.3 is 6.18 Å². The molecule has 0 bridgehead atoms. The van der Waals surface area contributed by atoms with E-state index in [4.69, 9.17) is 5.73 Å². The van der Waals surface area contributed by atoms with Gasteiger partial charge in [-0.1, -0.05) is 0 Å². The minimum atomic E-state index is -4.49. The maximum atomic E-state index is 13.9. The van der Waals surface area contributed by atoms with Gasteiger partial charge in [0, 0.05) is 29.5 Å². The number of hydrogen-bond donors (Lipinski definition) is 1. The SMILES string of the molecule is C[C@H](c1ncccn1)N(Cc1ccc(C(F)(F)F)cn1)C(=O)c1ccc2nc(N)c3c(c2c1)CCCC3. The van der Waals surface area contributed by atoms with E-state index in [1.54, 1.807) is 37.5 Å². The summed E-state index contributed by atoms with van der Waals surface area (Å²) < 4.78 is 39.1. The summed E-state index contributed by atoms with van der Waals surface area (Å²) in [5.41, 5.74) is 9.00. The predicted octanol–water partition coefficient (Wildman–Crippen LogP) is 5.30. The zero-order valence-electron chi connectivity index (χ0n) is 20.2. The number of nitrogen functional groups attached to an aromatic ring is 1. The molecule has 0 spiro atoms. The Morgan fingerprint density at radius 1 is 1.05 bits per heavy atom. The van der Waals surface area contributed by atoms with Gasteiger partial charge in [0.05, 0.1) is 29.4 Å². The number of alkyl halides is 3. The van der Waals surface area contributed by atoms with E-state index in [-0.39, 0.29) is 12.5 Å². The first-order chi connectivity index (χ1) is 17.7. The molecule has 10 heteroatoms. The first-order valence-electron chi connectivity index (χ1n) is 12.0. The minimum Gasteiger partial charge on any atom is -0.383 e. The van der Waals surface area contributed by atoms with Crippen LogP contribution in [0.1, 0.15) is 64.4 Å². The van der Waals surface area contributed by atoms with E-state index in [9.17, 15) is 18.0 Å². The summed E-state index contributed by atoms with van der Waals surface area (Å²) in [6.07, 6.45) is 3.25. The molecule has 1 atom stereocenters. The lowest BCUT2D eigenvalue weighted by Crippen LogP contribution is -2.34. The number of rotatable bonds is 5. The third kappa shape index (κ3) is 4.96. The van der Waals surface area contributed by atoms with Crippen LogP contribution >= 0.6 is 0 Å². The van der Waals surface area contributed by atoms with Gasteiger partial charge in [0.25, 0.3) is 5.91 Å². The maximum absolute atomic E-state index is 13.9. The highest BCUT2D eigenvalue weighted by Crippen LogP contribution is 2.33. The number of aryl methyl sites for hydroxylation is 1. The Labute approximate surface area is 211 Å². The highest BCUT2D eigenvalue weighted by atomic mass is 19.4. The van der Waals surface area contributed by atoms with Gasteiger partial charge < -0.3 is 10.6 Å². The van der Waals surface area contributed by atoms with Crippen LogP contribution < -0.4 is 5.73 Å². The van der Waals surface area contributed by atoms with Crippen LogP contribution in [0.15, 0.2) is 55.0 Å². The number of carbonyl (C=O) groups is 1. The molecular formula is C27H25F3N6O. The monoisotopic (exact) mass is 506 g/mol. The molecule has 3 aromatic heterocycles. The Morgan fingerprint density at radius 3 is 2.46 bits per heavy atom. The van der Waals surface area contributed by atoms with Crippen molar-refractivity contribution in [1.29, 1.82) is 0 Å². The summed E-state index contributed by atoms with van der Waals surface area (Å²) >= 11 is 0. The summed E-state index contributed by atoms with van der Waals surface area (Å²) in [5.74, 6) is 0.631. The van der Waals surface area contributed by atoms with Gasteiger partial charge in [0.2, 0.25) is 0 Å². The van der Waals surface area contributed by atoms with Gasteiger partial charge in [-0.05, 0) is 80.1 Å². The summed E-state index contributed by atoms with van der Waals surface area (Å²) in [5, 5.41) is 0.894. The number of aromatic nitrogens is 4. The molecule has 0 aliphatic heterocycles. The number of pyridine rings is 2.